The van der Waals surface area contributed by atoms with Crippen molar-refractivity contribution < 1.29 is 32.7 Å². The van der Waals surface area contributed by atoms with E-state index in [0.29, 0.717) is 38.6 Å². The Hall–Kier alpha value is -2.63. The number of rotatable bonds is 10. The molecule has 0 unspecified atom stereocenters. The summed E-state index contributed by atoms with van der Waals surface area (Å²) in [5.74, 6) is -2.20. The molecule has 11 nitrogen and oxygen atoms in total. The zero-order valence-corrected chi connectivity index (χ0v) is 30.6. The standard InChI is InChI=1S/C35H56N4O7S/c1-11-14-32(17-18-32)47(45,46)37-27(42)35(19-22(35)12-2)36-25(40)23-20-34(31(9,10)33(34)15-13-16-33)21-38(23)26(41)24(29(3,4)5)39(28(43)44)30(6,7)8/h12,22-24H,2,11,13-21H2,1,3-10H3,(H,36,40)(H,37,42)(H,43,44)/t22-,23+,24-,34-,35-/m1/s1. The van der Waals surface area contributed by atoms with E-state index in [1.165, 1.54) is 4.90 Å². The number of carboxylic acid groups (broad SMARTS) is 1. The highest BCUT2D eigenvalue weighted by Crippen LogP contribution is 2.88. The van der Waals surface area contributed by atoms with Gasteiger partial charge in [0.25, 0.3) is 5.91 Å². The summed E-state index contributed by atoms with van der Waals surface area (Å²) in [6.45, 7) is 21.2. The molecule has 5 rings (SSSR count). The van der Waals surface area contributed by atoms with Crippen molar-refractivity contribution >= 4 is 33.8 Å². The van der Waals surface area contributed by atoms with Crippen molar-refractivity contribution in [2.24, 2.45) is 27.6 Å². The first kappa shape index (κ1) is 35.7. The molecule has 1 aliphatic heterocycles. The average Bonchev–Trinajstić information content (AvgIpc) is 3.83. The molecule has 3 N–H and O–H groups in total. The van der Waals surface area contributed by atoms with Crippen molar-refractivity contribution in [1.82, 2.24) is 19.8 Å². The molecule has 4 saturated carbocycles. The quantitative estimate of drug-likeness (QED) is 0.281. The number of hydrogen-bond acceptors (Lipinski definition) is 6. The maximum absolute atomic E-state index is 14.8. The van der Waals surface area contributed by atoms with Crippen LogP contribution in [-0.4, -0.2) is 81.6 Å². The second-order valence-electron chi connectivity index (χ2n) is 17.8. The van der Waals surface area contributed by atoms with Crippen LogP contribution in [0.25, 0.3) is 0 Å². The van der Waals surface area contributed by atoms with Gasteiger partial charge in [-0.3, -0.25) is 24.0 Å². The lowest BCUT2D eigenvalue weighted by Gasteiger charge is -2.46. The van der Waals surface area contributed by atoms with Crippen LogP contribution in [0, 0.1) is 27.6 Å². The Kier molecular flexibility index (Phi) is 8.11. The molecule has 5 atom stereocenters. The number of likely N-dealkylation sites (tertiary alicyclic amines) is 1. The fourth-order valence-electron chi connectivity index (χ4n) is 9.78. The highest BCUT2D eigenvalue weighted by molar-refractivity contribution is 7.91. The highest BCUT2D eigenvalue weighted by atomic mass is 32.2. The summed E-state index contributed by atoms with van der Waals surface area (Å²) in [5, 5.41) is 13.3. The average molecular weight is 677 g/mol. The Balaban J connectivity index is 1.49. The van der Waals surface area contributed by atoms with Gasteiger partial charge in [-0.2, -0.15) is 0 Å². The molecule has 1 saturated heterocycles. The summed E-state index contributed by atoms with van der Waals surface area (Å²) in [5.41, 5.74) is -3.67. The molecular formula is C35H56N4O7S. The number of sulfonamides is 1. The van der Waals surface area contributed by atoms with Crippen LogP contribution in [0.4, 0.5) is 4.79 Å². The SMILES string of the molecule is C=C[C@@H]1C[C@]1(NC(=O)[C@@H]1C[C@@]2(CN1C(=O)[C@@H](N(C(=O)O)C(C)(C)C)C(C)(C)C)C(C)(C)C21CCC1)C(=O)NS(=O)(=O)C1(CCC)CC1. The molecule has 5 aliphatic rings. The lowest BCUT2D eigenvalue weighted by Crippen LogP contribution is -2.64. The van der Waals surface area contributed by atoms with Crippen LogP contribution in [0.15, 0.2) is 12.7 Å². The molecule has 0 radical (unpaired) electrons. The Labute approximate surface area is 280 Å². The summed E-state index contributed by atoms with van der Waals surface area (Å²) < 4.78 is 28.0. The maximum atomic E-state index is 14.8. The van der Waals surface area contributed by atoms with E-state index in [1.807, 2.05) is 27.7 Å². The van der Waals surface area contributed by atoms with Gasteiger partial charge in [-0.15, -0.1) is 6.58 Å². The molecule has 47 heavy (non-hydrogen) atoms. The van der Waals surface area contributed by atoms with E-state index in [0.717, 1.165) is 19.3 Å². The molecule has 4 aliphatic carbocycles. The van der Waals surface area contributed by atoms with Gasteiger partial charge in [-0.25, -0.2) is 13.2 Å². The third kappa shape index (κ3) is 5.04. The minimum Gasteiger partial charge on any atom is -0.465 e. The van der Waals surface area contributed by atoms with E-state index in [-0.39, 0.29) is 22.7 Å². The van der Waals surface area contributed by atoms with Crippen LogP contribution in [0.3, 0.4) is 0 Å². The first-order valence-corrected chi connectivity index (χ1v) is 18.8. The molecule has 4 amide bonds. The van der Waals surface area contributed by atoms with Gasteiger partial charge in [-0.05, 0) is 82.0 Å². The van der Waals surface area contributed by atoms with Crippen molar-refractivity contribution in [3.63, 3.8) is 0 Å². The number of carbonyl (C=O) groups excluding carboxylic acids is 3. The number of fused-ring (bicyclic) bond motifs is 1. The van der Waals surface area contributed by atoms with Crippen LogP contribution < -0.4 is 10.0 Å². The normalized spacial score (nSPS) is 31.8. The number of nitrogens with zero attached hydrogens (tertiary/aromatic N) is 2. The monoisotopic (exact) mass is 676 g/mol. The molecule has 0 aromatic carbocycles. The van der Waals surface area contributed by atoms with Crippen LogP contribution in [0.5, 0.6) is 0 Å². The molecular weight excluding hydrogens is 620 g/mol. The van der Waals surface area contributed by atoms with Gasteiger partial charge >= 0.3 is 6.09 Å². The maximum Gasteiger partial charge on any atom is 0.408 e. The molecule has 5 fully saturated rings. The van der Waals surface area contributed by atoms with Crippen LogP contribution in [-0.2, 0) is 24.4 Å². The lowest BCUT2D eigenvalue weighted by atomic mass is 9.73. The summed E-state index contributed by atoms with van der Waals surface area (Å²) in [4.78, 5) is 58.5. The van der Waals surface area contributed by atoms with Crippen molar-refractivity contribution in [1.29, 1.82) is 0 Å². The van der Waals surface area contributed by atoms with Gasteiger partial charge in [0, 0.05) is 23.4 Å². The zero-order valence-electron chi connectivity index (χ0n) is 29.8. The Morgan fingerprint density at radius 1 is 1.02 bits per heavy atom. The third-order valence-electron chi connectivity index (χ3n) is 13.0. The van der Waals surface area contributed by atoms with Crippen molar-refractivity contribution in [2.45, 2.75) is 148 Å². The fraction of sp³-hybridized carbons (Fsp3) is 0.829. The van der Waals surface area contributed by atoms with Gasteiger partial charge < -0.3 is 15.3 Å². The molecule has 2 spiro atoms. The minimum atomic E-state index is -3.97. The molecule has 264 valence electrons. The van der Waals surface area contributed by atoms with E-state index in [2.05, 4.69) is 30.5 Å². The van der Waals surface area contributed by atoms with E-state index in [9.17, 15) is 32.7 Å². The predicted octanol–water partition coefficient (Wildman–Crippen LogP) is 4.82. The van der Waals surface area contributed by atoms with Crippen molar-refractivity contribution in [2.75, 3.05) is 6.54 Å². The van der Waals surface area contributed by atoms with Gasteiger partial charge in [0.1, 0.15) is 17.6 Å². The van der Waals surface area contributed by atoms with Gasteiger partial charge in [0.15, 0.2) is 0 Å². The van der Waals surface area contributed by atoms with E-state index in [1.54, 1.807) is 31.7 Å². The first-order valence-electron chi connectivity index (χ1n) is 17.3. The number of hydrogen-bond donors (Lipinski definition) is 3. The molecule has 1 heterocycles. The largest absolute Gasteiger partial charge is 0.465 e. The molecule has 0 aromatic rings. The smallest absolute Gasteiger partial charge is 0.408 e. The Morgan fingerprint density at radius 3 is 2.00 bits per heavy atom. The topological polar surface area (TPSA) is 153 Å². The second kappa shape index (κ2) is 10.7. The summed E-state index contributed by atoms with van der Waals surface area (Å²) >= 11 is 0. The van der Waals surface area contributed by atoms with Gasteiger partial charge in [0.2, 0.25) is 21.8 Å². The lowest BCUT2D eigenvalue weighted by molar-refractivity contribution is -0.148. The highest BCUT2D eigenvalue weighted by Gasteiger charge is 2.85. The van der Waals surface area contributed by atoms with Crippen LogP contribution >= 0.6 is 0 Å². The van der Waals surface area contributed by atoms with Crippen LogP contribution in [0.2, 0.25) is 0 Å². The molecule has 12 heteroatoms. The van der Waals surface area contributed by atoms with E-state index in [4.69, 9.17) is 0 Å². The molecule has 0 bridgehead atoms. The zero-order chi connectivity index (χ0) is 35.4. The van der Waals surface area contributed by atoms with Gasteiger partial charge in [0.05, 0.1) is 4.75 Å². The van der Waals surface area contributed by atoms with Gasteiger partial charge in [-0.1, -0.05) is 60.5 Å². The fourth-order valence-corrected chi connectivity index (χ4v) is 11.5. The Morgan fingerprint density at radius 2 is 1.62 bits per heavy atom. The number of carbonyl (C=O) groups is 4. The van der Waals surface area contributed by atoms with E-state index >= 15 is 0 Å². The number of amides is 4. The number of nitrogens with one attached hydrogen (secondary N) is 2. The predicted molar refractivity (Wildman–Crippen MR) is 179 cm³/mol. The minimum absolute atomic E-state index is 0.00840. The second-order valence-corrected chi connectivity index (χ2v) is 19.9. The third-order valence-corrected chi connectivity index (χ3v) is 15.2. The van der Waals surface area contributed by atoms with Crippen molar-refractivity contribution in [3.05, 3.63) is 12.7 Å². The van der Waals surface area contributed by atoms with Crippen LogP contribution in [0.1, 0.15) is 120 Å². The Bertz CT molecular complexity index is 1480. The first-order chi connectivity index (χ1) is 21.4. The van der Waals surface area contributed by atoms with Crippen molar-refractivity contribution in [3.8, 4) is 0 Å². The summed E-state index contributed by atoms with van der Waals surface area (Å²) in [6.07, 6.45) is 6.12. The summed E-state index contributed by atoms with van der Waals surface area (Å²) in [6, 6.07) is -2.04. The van der Waals surface area contributed by atoms with E-state index < -0.39 is 73.1 Å². The molecule has 0 aromatic heterocycles. The summed E-state index contributed by atoms with van der Waals surface area (Å²) in [7, 11) is -3.97.